The van der Waals surface area contributed by atoms with E-state index in [1.165, 1.54) is 22.3 Å². The Balaban J connectivity index is 1.09. The molecule has 12 aromatic rings. The summed E-state index contributed by atoms with van der Waals surface area (Å²) < 4.78 is 4.62. The maximum atomic E-state index is 5.50. The second-order valence-electron chi connectivity index (χ2n) is 20.7. The molecule has 4 heterocycles. The van der Waals surface area contributed by atoms with E-state index in [0.717, 1.165) is 101 Å². The summed E-state index contributed by atoms with van der Waals surface area (Å²) in [5, 5.41) is 0. The highest BCUT2D eigenvalue weighted by Crippen LogP contribution is 2.55. The Labute approximate surface area is 431 Å². The summed E-state index contributed by atoms with van der Waals surface area (Å²) in [6, 6.07) is 88.0. The minimum absolute atomic E-state index is 0.228. The van der Waals surface area contributed by atoms with E-state index in [-0.39, 0.29) is 10.8 Å². The molecule has 0 aliphatic carbocycles. The SMILES string of the molecule is CC1(C)c2ccccc2N(c2cc(-c3cc(-c4nc5ccccc5n4-c4ccccc4)cc(N4c5ccccc5C(C)(C)c5ccccc54)c3)cc(-c3nc4ccccc4n3-c3ccccc3)c2)c2ccccc21. The highest BCUT2D eigenvalue weighted by atomic mass is 15.2. The first-order valence-corrected chi connectivity index (χ1v) is 25.6. The van der Waals surface area contributed by atoms with Gasteiger partial charge in [0.05, 0.1) is 44.8 Å². The predicted octanol–water partition coefficient (Wildman–Crippen LogP) is 17.6. The fraction of sp³-hybridized carbons (Fsp3) is 0.0882. The number of benzene rings is 10. The molecule has 0 amide bonds. The molecule has 0 fully saturated rings. The second-order valence-corrected chi connectivity index (χ2v) is 20.7. The van der Waals surface area contributed by atoms with Crippen molar-refractivity contribution in [2.75, 3.05) is 9.80 Å². The number of rotatable bonds is 7. The van der Waals surface area contributed by atoms with Crippen LogP contribution >= 0.6 is 0 Å². The maximum absolute atomic E-state index is 5.50. The van der Waals surface area contributed by atoms with Crippen LogP contribution in [0.5, 0.6) is 0 Å². The number of anilines is 6. The smallest absolute Gasteiger partial charge is 0.145 e. The van der Waals surface area contributed by atoms with Gasteiger partial charge in [0.25, 0.3) is 0 Å². The Morgan fingerprint density at radius 1 is 0.284 bits per heavy atom. The zero-order chi connectivity index (χ0) is 49.7. The molecule has 0 saturated carbocycles. The minimum atomic E-state index is -0.228. The molecule has 354 valence electrons. The molecule has 0 atom stereocenters. The molecule has 74 heavy (non-hydrogen) atoms. The van der Waals surface area contributed by atoms with Crippen LogP contribution < -0.4 is 9.80 Å². The molecule has 0 saturated heterocycles. The monoisotopic (exact) mass is 952 g/mol. The Morgan fingerprint density at radius 2 is 0.581 bits per heavy atom. The third kappa shape index (κ3) is 6.71. The quantitative estimate of drug-likeness (QED) is 0.160. The van der Waals surface area contributed by atoms with Crippen molar-refractivity contribution in [3.63, 3.8) is 0 Å². The molecule has 6 heteroatoms. The molecular formula is C68H52N6. The fourth-order valence-corrected chi connectivity index (χ4v) is 12.1. The highest BCUT2D eigenvalue weighted by Gasteiger charge is 2.39. The molecule has 2 aromatic heterocycles. The first-order valence-electron chi connectivity index (χ1n) is 25.6. The van der Waals surface area contributed by atoms with E-state index in [9.17, 15) is 0 Å². The first-order chi connectivity index (χ1) is 36.2. The average Bonchev–Trinajstić information content (AvgIpc) is 4.09. The molecule has 0 unspecified atom stereocenters. The van der Waals surface area contributed by atoms with Crippen LogP contribution in [0.2, 0.25) is 0 Å². The first kappa shape index (κ1) is 43.5. The van der Waals surface area contributed by atoms with Crippen molar-refractivity contribution in [3.8, 4) is 45.3 Å². The predicted molar refractivity (Wildman–Crippen MR) is 306 cm³/mol. The van der Waals surface area contributed by atoms with Crippen LogP contribution in [0.1, 0.15) is 49.9 Å². The topological polar surface area (TPSA) is 42.1 Å². The Kier molecular flexibility index (Phi) is 9.80. The van der Waals surface area contributed by atoms with Crippen molar-refractivity contribution in [3.05, 3.63) is 265 Å². The van der Waals surface area contributed by atoms with Crippen molar-refractivity contribution in [1.82, 2.24) is 19.1 Å². The lowest BCUT2D eigenvalue weighted by molar-refractivity contribution is 0.631. The Bertz CT molecular complexity index is 3790. The van der Waals surface area contributed by atoms with E-state index in [0.29, 0.717) is 0 Å². The summed E-state index contributed by atoms with van der Waals surface area (Å²) in [4.78, 5) is 15.9. The largest absolute Gasteiger partial charge is 0.310 e. The number of aromatic nitrogens is 4. The summed E-state index contributed by atoms with van der Waals surface area (Å²) in [6.07, 6.45) is 0. The van der Waals surface area contributed by atoms with Gasteiger partial charge in [-0.3, -0.25) is 9.13 Å². The average molecular weight is 953 g/mol. The summed E-state index contributed by atoms with van der Waals surface area (Å²) in [6.45, 7) is 9.39. The molecular weight excluding hydrogens is 901 g/mol. The third-order valence-corrected chi connectivity index (χ3v) is 15.6. The summed E-state index contributed by atoms with van der Waals surface area (Å²) in [7, 11) is 0. The van der Waals surface area contributed by atoms with Gasteiger partial charge in [0.2, 0.25) is 0 Å². The lowest BCUT2D eigenvalue weighted by Gasteiger charge is -2.42. The van der Waals surface area contributed by atoms with Crippen molar-refractivity contribution in [2.45, 2.75) is 38.5 Å². The molecule has 2 aliphatic heterocycles. The van der Waals surface area contributed by atoms with Gasteiger partial charge in [0, 0.05) is 44.7 Å². The van der Waals surface area contributed by atoms with Gasteiger partial charge in [0.1, 0.15) is 11.6 Å². The zero-order valence-corrected chi connectivity index (χ0v) is 41.8. The molecule has 0 spiro atoms. The molecule has 0 bridgehead atoms. The van der Waals surface area contributed by atoms with Crippen LogP contribution in [-0.4, -0.2) is 19.1 Å². The fourth-order valence-electron chi connectivity index (χ4n) is 12.1. The Hall–Kier alpha value is -9.26. The number of hydrogen-bond donors (Lipinski definition) is 0. The van der Waals surface area contributed by atoms with Gasteiger partial charge in [0.15, 0.2) is 0 Å². The second kappa shape index (κ2) is 16.7. The minimum Gasteiger partial charge on any atom is -0.310 e. The van der Waals surface area contributed by atoms with E-state index in [2.05, 4.69) is 289 Å². The molecule has 0 N–H and O–H groups in total. The lowest BCUT2D eigenvalue weighted by atomic mass is 9.73. The van der Waals surface area contributed by atoms with Gasteiger partial charge in [-0.15, -0.1) is 0 Å². The van der Waals surface area contributed by atoms with Crippen molar-refractivity contribution >= 4 is 56.2 Å². The van der Waals surface area contributed by atoms with E-state index in [1.807, 2.05) is 0 Å². The van der Waals surface area contributed by atoms with Crippen LogP contribution in [0, 0.1) is 0 Å². The molecule has 14 rings (SSSR count). The third-order valence-electron chi connectivity index (χ3n) is 15.6. The van der Waals surface area contributed by atoms with Gasteiger partial charge in [-0.05, 0) is 143 Å². The van der Waals surface area contributed by atoms with Crippen LogP contribution in [0.3, 0.4) is 0 Å². The zero-order valence-electron chi connectivity index (χ0n) is 41.8. The lowest BCUT2D eigenvalue weighted by Crippen LogP contribution is -2.30. The van der Waals surface area contributed by atoms with Gasteiger partial charge >= 0.3 is 0 Å². The molecule has 6 nitrogen and oxygen atoms in total. The van der Waals surface area contributed by atoms with E-state index < -0.39 is 0 Å². The van der Waals surface area contributed by atoms with E-state index >= 15 is 0 Å². The van der Waals surface area contributed by atoms with Crippen molar-refractivity contribution < 1.29 is 0 Å². The summed E-state index contributed by atoms with van der Waals surface area (Å²) >= 11 is 0. The standard InChI is InChI=1S/C68H52N6/c1-67(2)53-27-11-17-33-59(53)71(60-34-18-12-28-54(60)67)51-41-45(39-47(43-51)65-69-57-31-15-21-37-63(57)73(65)49-23-7-5-8-24-49)46-40-48(66-70-58-32-16-22-38-64(58)74(66)50-25-9-6-10-26-50)44-52(42-46)72-61-35-19-13-29-55(61)68(3,4)56-30-14-20-36-62(56)72/h5-44H,1-4H3. The number of hydrogen-bond acceptors (Lipinski definition) is 4. The molecule has 10 aromatic carbocycles. The normalized spacial score (nSPS) is 14.1. The number of para-hydroxylation sites is 10. The van der Waals surface area contributed by atoms with E-state index in [1.54, 1.807) is 0 Å². The molecule has 2 aliphatic rings. The number of imidazole rings is 2. The maximum Gasteiger partial charge on any atom is 0.145 e. The van der Waals surface area contributed by atoms with Crippen molar-refractivity contribution in [1.29, 1.82) is 0 Å². The number of fused-ring (bicyclic) bond motifs is 6. The van der Waals surface area contributed by atoms with Crippen molar-refractivity contribution in [2.24, 2.45) is 0 Å². The van der Waals surface area contributed by atoms with Crippen LogP contribution in [0.4, 0.5) is 34.1 Å². The van der Waals surface area contributed by atoms with Gasteiger partial charge < -0.3 is 9.80 Å². The Morgan fingerprint density at radius 3 is 0.946 bits per heavy atom. The van der Waals surface area contributed by atoms with Gasteiger partial charge in [-0.2, -0.15) is 0 Å². The number of nitrogens with zero attached hydrogens (tertiary/aromatic N) is 6. The van der Waals surface area contributed by atoms with Crippen LogP contribution in [0.25, 0.3) is 67.3 Å². The van der Waals surface area contributed by atoms with Gasteiger partial charge in [-0.1, -0.05) is 161 Å². The summed E-state index contributed by atoms with van der Waals surface area (Å²) in [5.74, 6) is 1.73. The van der Waals surface area contributed by atoms with Crippen LogP contribution in [0.15, 0.2) is 243 Å². The highest BCUT2D eigenvalue weighted by molar-refractivity contribution is 5.95. The van der Waals surface area contributed by atoms with Gasteiger partial charge in [-0.25, -0.2) is 9.97 Å². The van der Waals surface area contributed by atoms with Crippen LogP contribution in [-0.2, 0) is 10.8 Å². The summed E-state index contributed by atoms with van der Waals surface area (Å²) in [5.41, 5.74) is 21.5. The van der Waals surface area contributed by atoms with E-state index in [4.69, 9.17) is 9.97 Å². The molecule has 0 radical (unpaired) electrons.